The molecule has 2 rings (SSSR count). The summed E-state index contributed by atoms with van der Waals surface area (Å²) in [6.45, 7) is 2.39. The van der Waals surface area contributed by atoms with Crippen molar-refractivity contribution in [3.63, 3.8) is 0 Å². The van der Waals surface area contributed by atoms with Gasteiger partial charge in [0.15, 0.2) is 11.6 Å². The molecule has 0 spiro atoms. The van der Waals surface area contributed by atoms with Gasteiger partial charge < -0.3 is 10.1 Å². The van der Waals surface area contributed by atoms with E-state index in [1.54, 1.807) is 31.3 Å². The normalized spacial score (nSPS) is 10.9. The third kappa shape index (κ3) is 6.82. The summed E-state index contributed by atoms with van der Waals surface area (Å²) in [7, 11) is 1.70. The molecule has 0 bridgehead atoms. The molecule has 5 nitrogen and oxygen atoms in total. The molecule has 1 aromatic heterocycles. The van der Waals surface area contributed by atoms with Crippen molar-refractivity contribution in [3.8, 4) is 5.75 Å². The van der Waals surface area contributed by atoms with Crippen molar-refractivity contribution >= 4 is 17.5 Å². The van der Waals surface area contributed by atoms with Gasteiger partial charge in [0.2, 0.25) is 0 Å². The van der Waals surface area contributed by atoms with Gasteiger partial charge in [0.25, 0.3) is 5.91 Å². The van der Waals surface area contributed by atoms with Gasteiger partial charge in [-0.25, -0.2) is 4.39 Å². The van der Waals surface area contributed by atoms with Crippen LogP contribution in [0.25, 0.3) is 0 Å². The van der Waals surface area contributed by atoms with E-state index in [0.717, 1.165) is 43.7 Å². The molecule has 154 valence electrons. The topological polar surface area (TPSA) is 56.1 Å². The number of hydrogen-bond donors (Lipinski definition) is 1. The van der Waals surface area contributed by atoms with Gasteiger partial charge in [-0.05, 0) is 31.9 Å². The lowest BCUT2D eigenvalue weighted by Crippen LogP contribution is -2.25. The van der Waals surface area contributed by atoms with Gasteiger partial charge in [-0.2, -0.15) is 5.10 Å². The average Bonchev–Trinajstić information content (AvgIpc) is 3.02. The maximum Gasteiger partial charge on any atom is 0.269 e. The van der Waals surface area contributed by atoms with E-state index in [4.69, 9.17) is 16.3 Å². The number of nitrogens with zero attached hydrogens (tertiary/aromatic N) is 2. The Morgan fingerprint density at radius 1 is 1.21 bits per heavy atom. The first-order valence-corrected chi connectivity index (χ1v) is 10.3. The number of carbonyl (C=O) groups is 1. The molecule has 0 saturated heterocycles. The molecular formula is C21H29ClFN3O2. The first-order valence-electron chi connectivity index (χ1n) is 9.78. The summed E-state index contributed by atoms with van der Waals surface area (Å²) in [6.07, 6.45) is 6.48. The highest BCUT2D eigenvalue weighted by atomic mass is 35.5. The van der Waals surface area contributed by atoms with Crippen LogP contribution in [0.3, 0.4) is 0 Å². The van der Waals surface area contributed by atoms with Crippen molar-refractivity contribution in [2.45, 2.75) is 52.0 Å². The molecule has 0 aliphatic rings. The highest BCUT2D eigenvalue weighted by Gasteiger charge is 2.14. The van der Waals surface area contributed by atoms with Crippen LogP contribution in [0, 0.1) is 12.7 Å². The lowest BCUT2D eigenvalue weighted by molar-refractivity contribution is 0.0941. The first-order chi connectivity index (χ1) is 13.5. The molecule has 0 unspecified atom stereocenters. The Labute approximate surface area is 171 Å². The first kappa shape index (κ1) is 22.2. The van der Waals surface area contributed by atoms with Crippen molar-refractivity contribution in [2.75, 3.05) is 12.5 Å². The van der Waals surface area contributed by atoms with Crippen LogP contribution < -0.4 is 10.1 Å². The number of aryl methyl sites for hydroxylation is 2. The second kappa shape index (κ2) is 11.7. The number of ether oxygens (including phenoxy) is 1. The molecule has 1 amide bonds. The minimum atomic E-state index is -0.425. The lowest BCUT2D eigenvalue weighted by atomic mass is 10.1. The Hall–Kier alpha value is -2.08. The van der Waals surface area contributed by atoms with E-state index < -0.39 is 5.82 Å². The average molecular weight is 410 g/mol. The fourth-order valence-corrected chi connectivity index (χ4v) is 3.17. The molecule has 2 aromatic rings. The third-order valence-electron chi connectivity index (χ3n) is 4.50. The Bertz CT molecular complexity index is 764. The maximum atomic E-state index is 14.6. The minimum absolute atomic E-state index is 0.0899. The molecule has 7 heteroatoms. The molecular weight excluding hydrogens is 381 g/mol. The number of alkyl halides is 1. The molecule has 1 aromatic carbocycles. The van der Waals surface area contributed by atoms with Crippen LogP contribution in [-0.2, 0) is 13.6 Å². The maximum absolute atomic E-state index is 14.6. The molecule has 1 heterocycles. The highest BCUT2D eigenvalue weighted by molar-refractivity contribution is 6.17. The fourth-order valence-electron chi connectivity index (χ4n) is 2.98. The summed E-state index contributed by atoms with van der Waals surface area (Å²) in [5.41, 5.74) is 1.59. The second-order valence-electron chi connectivity index (χ2n) is 6.87. The number of unbranched alkanes of at least 4 members (excludes halogenated alkanes) is 5. The fraction of sp³-hybridized carbons (Fsp3) is 0.524. The lowest BCUT2D eigenvalue weighted by Gasteiger charge is -2.11. The van der Waals surface area contributed by atoms with E-state index in [1.807, 2.05) is 6.92 Å². The van der Waals surface area contributed by atoms with Crippen LogP contribution in [0.15, 0.2) is 24.3 Å². The summed E-state index contributed by atoms with van der Waals surface area (Å²) in [5, 5.41) is 6.88. The number of rotatable bonds is 12. The van der Waals surface area contributed by atoms with Gasteiger partial charge >= 0.3 is 0 Å². The summed E-state index contributed by atoms with van der Waals surface area (Å²) in [6, 6.07) is 6.70. The zero-order valence-electron chi connectivity index (χ0n) is 16.6. The van der Waals surface area contributed by atoms with Crippen molar-refractivity contribution in [1.29, 1.82) is 0 Å². The van der Waals surface area contributed by atoms with E-state index in [1.165, 1.54) is 11.1 Å². The largest absolute Gasteiger partial charge is 0.491 e. The zero-order valence-corrected chi connectivity index (χ0v) is 17.4. The predicted octanol–water partition coefficient (Wildman–Crippen LogP) is 4.76. The molecule has 0 saturated carbocycles. The molecule has 1 N–H and O–H groups in total. The number of hydrogen-bond acceptors (Lipinski definition) is 3. The van der Waals surface area contributed by atoms with E-state index in [2.05, 4.69) is 10.4 Å². The van der Waals surface area contributed by atoms with Crippen LogP contribution >= 0.6 is 11.6 Å². The van der Waals surface area contributed by atoms with E-state index in [9.17, 15) is 9.18 Å². The summed E-state index contributed by atoms with van der Waals surface area (Å²) in [5.74, 6) is 0.236. The van der Waals surface area contributed by atoms with E-state index >= 15 is 0 Å². The molecule has 0 aliphatic carbocycles. The number of aromatic nitrogens is 2. The van der Waals surface area contributed by atoms with Gasteiger partial charge in [0, 0.05) is 25.0 Å². The van der Waals surface area contributed by atoms with Crippen molar-refractivity contribution < 1.29 is 13.9 Å². The number of carbonyl (C=O) groups excluding carboxylic acids is 1. The number of benzene rings is 1. The van der Waals surface area contributed by atoms with Crippen LogP contribution in [0.1, 0.15) is 60.3 Å². The Balaban J connectivity index is 1.78. The van der Waals surface area contributed by atoms with Crippen LogP contribution in [0.4, 0.5) is 4.39 Å². The molecule has 0 fully saturated rings. The van der Waals surface area contributed by atoms with Crippen molar-refractivity contribution in [2.24, 2.45) is 7.05 Å². The van der Waals surface area contributed by atoms with E-state index in [0.29, 0.717) is 17.9 Å². The minimum Gasteiger partial charge on any atom is -0.491 e. The zero-order chi connectivity index (χ0) is 20.4. The van der Waals surface area contributed by atoms with Crippen LogP contribution in [0.2, 0.25) is 0 Å². The molecule has 0 aliphatic heterocycles. The second-order valence-corrected chi connectivity index (χ2v) is 7.24. The van der Waals surface area contributed by atoms with Crippen LogP contribution in [-0.4, -0.2) is 28.2 Å². The quantitative estimate of drug-likeness (QED) is 0.406. The Kier molecular flexibility index (Phi) is 9.28. The molecule has 28 heavy (non-hydrogen) atoms. The standard InChI is InChI=1S/C21H29ClFN3O2/c1-16-14-18(26(2)25-16)21(27)24-15-17-10-9-11-19(20(17)23)28-13-8-6-4-3-5-7-12-22/h9-11,14H,3-8,12-13,15H2,1-2H3,(H,24,27). The van der Waals surface area contributed by atoms with E-state index in [-0.39, 0.29) is 18.2 Å². The Morgan fingerprint density at radius 3 is 2.61 bits per heavy atom. The smallest absolute Gasteiger partial charge is 0.269 e. The van der Waals surface area contributed by atoms with Crippen molar-refractivity contribution in [1.82, 2.24) is 15.1 Å². The Morgan fingerprint density at radius 2 is 1.93 bits per heavy atom. The van der Waals surface area contributed by atoms with Gasteiger partial charge in [0.05, 0.1) is 12.3 Å². The summed E-state index contributed by atoms with van der Waals surface area (Å²) in [4.78, 5) is 12.3. The monoisotopic (exact) mass is 409 g/mol. The third-order valence-corrected chi connectivity index (χ3v) is 4.77. The van der Waals surface area contributed by atoms with Gasteiger partial charge in [-0.15, -0.1) is 11.6 Å². The predicted molar refractivity (Wildman–Crippen MR) is 109 cm³/mol. The van der Waals surface area contributed by atoms with Gasteiger partial charge in [-0.1, -0.05) is 37.8 Å². The van der Waals surface area contributed by atoms with Crippen LogP contribution in [0.5, 0.6) is 5.75 Å². The van der Waals surface area contributed by atoms with Gasteiger partial charge in [-0.3, -0.25) is 9.48 Å². The SMILES string of the molecule is Cc1cc(C(=O)NCc2cccc(OCCCCCCCCCl)c2F)n(C)n1. The number of halogens is 2. The summed E-state index contributed by atoms with van der Waals surface area (Å²) >= 11 is 5.66. The number of nitrogens with one attached hydrogen (secondary N) is 1. The summed E-state index contributed by atoms with van der Waals surface area (Å²) < 4.78 is 21.7. The number of amides is 1. The molecule has 0 radical (unpaired) electrons. The molecule has 0 atom stereocenters. The van der Waals surface area contributed by atoms with Crippen molar-refractivity contribution in [3.05, 3.63) is 47.0 Å². The highest BCUT2D eigenvalue weighted by Crippen LogP contribution is 2.21. The van der Waals surface area contributed by atoms with Gasteiger partial charge in [0.1, 0.15) is 5.69 Å².